The standard InChI is InChI=1S/C17H25NO2/c1-13-4-10-16(11-5-13)18(2)12-14-6-8-15(9-7-14)17(19)20-3/h6-9,13,16H,4-5,10-12H2,1-3H3. The number of esters is 1. The molecule has 0 N–H and O–H groups in total. The highest BCUT2D eigenvalue weighted by Gasteiger charge is 2.21. The number of nitrogens with zero attached hydrogens (tertiary/aromatic N) is 1. The highest BCUT2D eigenvalue weighted by molar-refractivity contribution is 5.89. The van der Waals surface area contributed by atoms with E-state index in [0.29, 0.717) is 11.6 Å². The molecule has 110 valence electrons. The van der Waals surface area contributed by atoms with Gasteiger partial charge in [0.05, 0.1) is 12.7 Å². The van der Waals surface area contributed by atoms with Gasteiger partial charge in [0, 0.05) is 12.6 Å². The smallest absolute Gasteiger partial charge is 0.337 e. The van der Waals surface area contributed by atoms with Gasteiger partial charge in [-0.2, -0.15) is 0 Å². The van der Waals surface area contributed by atoms with E-state index >= 15 is 0 Å². The van der Waals surface area contributed by atoms with Gasteiger partial charge in [-0.15, -0.1) is 0 Å². The molecule has 0 unspecified atom stereocenters. The number of benzene rings is 1. The second-order valence-corrected chi connectivity index (χ2v) is 6.02. The summed E-state index contributed by atoms with van der Waals surface area (Å²) in [6, 6.07) is 8.43. The Morgan fingerprint density at radius 2 is 1.80 bits per heavy atom. The highest BCUT2D eigenvalue weighted by atomic mass is 16.5. The molecule has 1 aliphatic carbocycles. The van der Waals surface area contributed by atoms with Crippen molar-refractivity contribution < 1.29 is 9.53 Å². The average molecular weight is 275 g/mol. The lowest BCUT2D eigenvalue weighted by atomic mass is 9.86. The number of carbonyl (C=O) groups excluding carboxylic acids is 1. The van der Waals surface area contributed by atoms with Crippen molar-refractivity contribution in [2.75, 3.05) is 14.2 Å². The molecule has 0 bridgehead atoms. The fourth-order valence-corrected chi connectivity index (χ4v) is 2.96. The van der Waals surface area contributed by atoms with Gasteiger partial charge in [0.1, 0.15) is 0 Å². The molecule has 3 heteroatoms. The fraction of sp³-hybridized carbons (Fsp3) is 0.588. The minimum atomic E-state index is -0.272. The lowest BCUT2D eigenvalue weighted by Gasteiger charge is -2.33. The molecule has 1 saturated carbocycles. The Morgan fingerprint density at radius 1 is 1.20 bits per heavy atom. The van der Waals surface area contributed by atoms with Crippen LogP contribution in [0, 0.1) is 5.92 Å². The van der Waals surface area contributed by atoms with E-state index in [0.717, 1.165) is 12.5 Å². The minimum absolute atomic E-state index is 0.272. The first-order valence-electron chi connectivity index (χ1n) is 7.47. The molecule has 0 heterocycles. The predicted octanol–water partition coefficient (Wildman–Crippen LogP) is 3.48. The third kappa shape index (κ3) is 3.83. The van der Waals surface area contributed by atoms with E-state index in [1.54, 1.807) is 0 Å². The summed E-state index contributed by atoms with van der Waals surface area (Å²) >= 11 is 0. The van der Waals surface area contributed by atoms with Gasteiger partial charge < -0.3 is 4.74 Å². The molecule has 1 fully saturated rings. The van der Waals surface area contributed by atoms with E-state index in [2.05, 4.69) is 18.9 Å². The van der Waals surface area contributed by atoms with Gasteiger partial charge in [-0.25, -0.2) is 4.79 Å². The van der Waals surface area contributed by atoms with Crippen molar-refractivity contribution in [1.29, 1.82) is 0 Å². The van der Waals surface area contributed by atoms with Crippen molar-refractivity contribution in [2.45, 2.75) is 45.2 Å². The molecule has 0 spiro atoms. The molecular formula is C17H25NO2. The maximum atomic E-state index is 11.4. The predicted molar refractivity (Wildman–Crippen MR) is 80.7 cm³/mol. The van der Waals surface area contributed by atoms with Gasteiger partial charge in [0.25, 0.3) is 0 Å². The maximum absolute atomic E-state index is 11.4. The van der Waals surface area contributed by atoms with Gasteiger partial charge in [0.15, 0.2) is 0 Å². The summed E-state index contributed by atoms with van der Waals surface area (Å²) in [5.41, 5.74) is 1.86. The Hall–Kier alpha value is -1.35. The van der Waals surface area contributed by atoms with Crippen molar-refractivity contribution in [3.05, 3.63) is 35.4 Å². The van der Waals surface area contributed by atoms with Crippen molar-refractivity contribution in [3.8, 4) is 0 Å². The molecule has 2 rings (SSSR count). The van der Waals surface area contributed by atoms with Crippen LogP contribution in [0.2, 0.25) is 0 Å². The van der Waals surface area contributed by atoms with Crippen LogP contribution in [0.3, 0.4) is 0 Å². The zero-order valence-electron chi connectivity index (χ0n) is 12.8. The van der Waals surface area contributed by atoms with Gasteiger partial charge in [-0.3, -0.25) is 4.90 Å². The van der Waals surface area contributed by atoms with Crippen molar-refractivity contribution in [1.82, 2.24) is 4.90 Å². The Bertz CT molecular complexity index is 433. The Balaban J connectivity index is 1.91. The monoisotopic (exact) mass is 275 g/mol. The SMILES string of the molecule is COC(=O)c1ccc(CN(C)C2CCC(C)CC2)cc1. The van der Waals surface area contributed by atoms with E-state index < -0.39 is 0 Å². The normalized spacial score (nSPS) is 22.8. The van der Waals surface area contributed by atoms with Gasteiger partial charge >= 0.3 is 5.97 Å². The van der Waals surface area contributed by atoms with Crippen molar-refractivity contribution >= 4 is 5.97 Å². The van der Waals surface area contributed by atoms with E-state index in [1.807, 2.05) is 24.3 Å². The first-order chi connectivity index (χ1) is 9.60. The first-order valence-corrected chi connectivity index (χ1v) is 7.47. The summed E-state index contributed by atoms with van der Waals surface area (Å²) < 4.78 is 4.71. The summed E-state index contributed by atoms with van der Waals surface area (Å²) in [7, 11) is 3.61. The molecule has 0 aromatic heterocycles. The Labute approximate surface area is 121 Å². The molecular weight excluding hydrogens is 250 g/mol. The minimum Gasteiger partial charge on any atom is -0.465 e. The maximum Gasteiger partial charge on any atom is 0.337 e. The first kappa shape index (κ1) is 15.0. The van der Waals surface area contributed by atoms with Crippen LogP contribution >= 0.6 is 0 Å². The second kappa shape index (κ2) is 6.89. The fourth-order valence-electron chi connectivity index (χ4n) is 2.96. The molecule has 0 amide bonds. The molecule has 3 nitrogen and oxygen atoms in total. The molecule has 0 radical (unpaired) electrons. The number of hydrogen-bond donors (Lipinski definition) is 0. The Morgan fingerprint density at radius 3 is 2.35 bits per heavy atom. The number of methoxy groups -OCH3 is 1. The van der Waals surface area contributed by atoms with E-state index in [1.165, 1.54) is 38.4 Å². The van der Waals surface area contributed by atoms with Crippen LogP contribution in [-0.4, -0.2) is 31.1 Å². The topological polar surface area (TPSA) is 29.5 Å². The van der Waals surface area contributed by atoms with Crippen molar-refractivity contribution in [2.24, 2.45) is 5.92 Å². The van der Waals surface area contributed by atoms with Crippen LogP contribution in [0.4, 0.5) is 0 Å². The van der Waals surface area contributed by atoms with E-state index in [-0.39, 0.29) is 5.97 Å². The number of carbonyl (C=O) groups is 1. The quantitative estimate of drug-likeness (QED) is 0.788. The number of ether oxygens (including phenoxy) is 1. The number of hydrogen-bond acceptors (Lipinski definition) is 3. The molecule has 0 saturated heterocycles. The largest absolute Gasteiger partial charge is 0.465 e. The zero-order chi connectivity index (χ0) is 14.5. The van der Waals surface area contributed by atoms with E-state index in [9.17, 15) is 4.79 Å². The summed E-state index contributed by atoms with van der Waals surface area (Å²) in [5.74, 6) is 0.616. The van der Waals surface area contributed by atoms with Crippen molar-refractivity contribution in [3.63, 3.8) is 0 Å². The zero-order valence-corrected chi connectivity index (χ0v) is 12.8. The molecule has 20 heavy (non-hydrogen) atoms. The van der Waals surface area contributed by atoms with Crippen LogP contribution in [0.1, 0.15) is 48.5 Å². The lowest BCUT2D eigenvalue weighted by molar-refractivity contribution is 0.0600. The van der Waals surface area contributed by atoms with E-state index in [4.69, 9.17) is 4.74 Å². The van der Waals surface area contributed by atoms with Gasteiger partial charge in [-0.1, -0.05) is 19.1 Å². The molecule has 1 aromatic carbocycles. The molecule has 1 aliphatic rings. The van der Waals surface area contributed by atoms with Crippen LogP contribution in [0.5, 0.6) is 0 Å². The second-order valence-electron chi connectivity index (χ2n) is 6.02. The van der Waals surface area contributed by atoms with Crippen LogP contribution in [-0.2, 0) is 11.3 Å². The summed E-state index contributed by atoms with van der Waals surface area (Å²) in [5, 5.41) is 0. The summed E-state index contributed by atoms with van der Waals surface area (Å²) in [6.45, 7) is 3.29. The van der Waals surface area contributed by atoms with Crippen LogP contribution in [0.15, 0.2) is 24.3 Å². The summed E-state index contributed by atoms with van der Waals surface area (Å²) in [4.78, 5) is 13.8. The summed E-state index contributed by atoms with van der Waals surface area (Å²) in [6.07, 6.45) is 5.29. The van der Waals surface area contributed by atoms with Crippen LogP contribution in [0.25, 0.3) is 0 Å². The average Bonchev–Trinajstić information content (AvgIpc) is 2.48. The molecule has 1 aromatic rings. The van der Waals surface area contributed by atoms with Gasteiger partial charge in [0.2, 0.25) is 0 Å². The number of rotatable bonds is 4. The molecule has 0 atom stereocenters. The van der Waals surface area contributed by atoms with Gasteiger partial charge in [-0.05, 0) is 56.3 Å². The molecule has 0 aliphatic heterocycles. The van der Waals surface area contributed by atoms with Crippen LogP contribution < -0.4 is 0 Å². The Kier molecular flexibility index (Phi) is 5.18. The lowest BCUT2D eigenvalue weighted by Crippen LogP contribution is -2.34. The third-order valence-electron chi connectivity index (χ3n) is 4.42. The third-order valence-corrected chi connectivity index (χ3v) is 4.42. The highest BCUT2D eigenvalue weighted by Crippen LogP contribution is 2.27.